The van der Waals surface area contributed by atoms with Crippen molar-refractivity contribution in [1.29, 1.82) is 0 Å². The minimum Gasteiger partial charge on any atom is -0.390 e. The molecule has 112 valence electrons. The molecule has 1 aromatic rings. The standard InChI is InChI=1S/C17H22N2O2/c1-13-5-6-14(4-3-9-18)12-15(13)16(20)19-10-7-17(2,21)8-11-19/h5-6,12,21H,7-11,18H2,1-2H3. The Hall–Kier alpha value is -1.83. The van der Waals surface area contributed by atoms with Crippen LogP contribution in [0, 0.1) is 18.8 Å². The number of hydrogen-bond donors (Lipinski definition) is 2. The molecule has 0 aliphatic carbocycles. The van der Waals surface area contributed by atoms with Gasteiger partial charge in [-0.05, 0) is 44.4 Å². The van der Waals surface area contributed by atoms with Gasteiger partial charge in [0, 0.05) is 24.2 Å². The number of piperidine rings is 1. The molecule has 3 N–H and O–H groups in total. The summed E-state index contributed by atoms with van der Waals surface area (Å²) in [5.74, 6) is 5.77. The second kappa shape index (κ2) is 6.30. The number of rotatable bonds is 1. The SMILES string of the molecule is Cc1ccc(C#CCN)cc1C(=O)N1CCC(C)(O)CC1. The summed E-state index contributed by atoms with van der Waals surface area (Å²) in [6.45, 7) is 5.23. The Balaban J connectivity index is 2.19. The topological polar surface area (TPSA) is 66.6 Å². The maximum atomic E-state index is 12.6. The lowest BCUT2D eigenvalue weighted by Crippen LogP contribution is -2.45. The second-order valence-corrected chi connectivity index (χ2v) is 5.82. The van der Waals surface area contributed by atoms with E-state index in [9.17, 15) is 9.90 Å². The maximum absolute atomic E-state index is 12.6. The van der Waals surface area contributed by atoms with E-state index in [1.54, 1.807) is 4.90 Å². The van der Waals surface area contributed by atoms with E-state index in [1.807, 2.05) is 32.0 Å². The van der Waals surface area contributed by atoms with Gasteiger partial charge in [-0.2, -0.15) is 0 Å². The van der Waals surface area contributed by atoms with Gasteiger partial charge in [0.1, 0.15) is 0 Å². The van der Waals surface area contributed by atoms with Crippen LogP contribution in [0.15, 0.2) is 18.2 Å². The Bertz CT molecular complexity index is 587. The third-order valence-electron chi connectivity index (χ3n) is 3.93. The number of aryl methyl sites for hydroxylation is 1. The molecule has 2 rings (SSSR count). The largest absolute Gasteiger partial charge is 0.390 e. The number of carbonyl (C=O) groups excluding carboxylic acids is 1. The summed E-state index contributed by atoms with van der Waals surface area (Å²) in [5.41, 5.74) is 7.15. The predicted molar refractivity (Wildman–Crippen MR) is 82.9 cm³/mol. The molecule has 4 nitrogen and oxygen atoms in total. The molecule has 1 aliphatic heterocycles. The van der Waals surface area contributed by atoms with Crippen molar-refractivity contribution < 1.29 is 9.90 Å². The average Bonchev–Trinajstić information content (AvgIpc) is 2.46. The Morgan fingerprint density at radius 2 is 2.10 bits per heavy atom. The third-order valence-corrected chi connectivity index (χ3v) is 3.93. The van der Waals surface area contributed by atoms with Crippen LogP contribution in [0.4, 0.5) is 0 Å². The molecular weight excluding hydrogens is 264 g/mol. The first-order valence-electron chi connectivity index (χ1n) is 7.24. The molecule has 1 amide bonds. The quantitative estimate of drug-likeness (QED) is 0.765. The van der Waals surface area contributed by atoms with E-state index >= 15 is 0 Å². The van der Waals surface area contributed by atoms with Gasteiger partial charge in [-0.25, -0.2) is 0 Å². The Morgan fingerprint density at radius 1 is 1.43 bits per heavy atom. The van der Waals surface area contributed by atoms with Crippen LogP contribution >= 0.6 is 0 Å². The van der Waals surface area contributed by atoms with Crippen molar-refractivity contribution >= 4 is 5.91 Å². The van der Waals surface area contributed by atoms with Crippen LogP contribution in [-0.2, 0) is 0 Å². The van der Waals surface area contributed by atoms with E-state index in [0.29, 0.717) is 38.0 Å². The molecule has 1 aromatic carbocycles. The number of aliphatic hydroxyl groups is 1. The van der Waals surface area contributed by atoms with Crippen LogP contribution in [0.5, 0.6) is 0 Å². The molecule has 0 bridgehead atoms. The molecule has 0 saturated carbocycles. The zero-order chi connectivity index (χ0) is 15.5. The minimum atomic E-state index is -0.653. The summed E-state index contributed by atoms with van der Waals surface area (Å²) >= 11 is 0. The number of amides is 1. The minimum absolute atomic E-state index is 0.0133. The van der Waals surface area contributed by atoms with Gasteiger partial charge in [-0.15, -0.1) is 0 Å². The molecule has 0 aromatic heterocycles. The lowest BCUT2D eigenvalue weighted by Gasteiger charge is -2.36. The van der Waals surface area contributed by atoms with E-state index in [2.05, 4.69) is 11.8 Å². The van der Waals surface area contributed by atoms with Gasteiger partial charge in [0.2, 0.25) is 0 Å². The highest BCUT2D eigenvalue weighted by Gasteiger charge is 2.30. The molecular formula is C17H22N2O2. The van der Waals surface area contributed by atoms with Crippen LogP contribution in [0.3, 0.4) is 0 Å². The summed E-state index contributed by atoms with van der Waals surface area (Å²) in [4.78, 5) is 14.4. The second-order valence-electron chi connectivity index (χ2n) is 5.82. The first-order valence-corrected chi connectivity index (χ1v) is 7.24. The van der Waals surface area contributed by atoms with Crippen LogP contribution in [0.2, 0.25) is 0 Å². The molecule has 21 heavy (non-hydrogen) atoms. The van der Waals surface area contributed by atoms with Crippen molar-refractivity contribution in [3.05, 3.63) is 34.9 Å². The summed E-state index contributed by atoms with van der Waals surface area (Å²) in [5, 5.41) is 9.97. The highest BCUT2D eigenvalue weighted by atomic mass is 16.3. The van der Waals surface area contributed by atoms with E-state index in [-0.39, 0.29) is 5.91 Å². The van der Waals surface area contributed by atoms with Crippen molar-refractivity contribution in [3.63, 3.8) is 0 Å². The first kappa shape index (κ1) is 15.6. The zero-order valence-electron chi connectivity index (χ0n) is 12.6. The van der Waals surface area contributed by atoms with Gasteiger partial charge in [0.05, 0.1) is 12.1 Å². The van der Waals surface area contributed by atoms with E-state index in [0.717, 1.165) is 11.1 Å². The number of nitrogens with two attached hydrogens (primary N) is 1. The lowest BCUT2D eigenvalue weighted by atomic mass is 9.93. The Morgan fingerprint density at radius 3 is 2.71 bits per heavy atom. The van der Waals surface area contributed by atoms with Crippen molar-refractivity contribution in [2.75, 3.05) is 19.6 Å². The fraction of sp³-hybridized carbons (Fsp3) is 0.471. The van der Waals surface area contributed by atoms with Crippen molar-refractivity contribution in [1.82, 2.24) is 4.90 Å². The van der Waals surface area contributed by atoms with Gasteiger partial charge in [-0.1, -0.05) is 17.9 Å². The Kier molecular flexibility index (Phi) is 4.66. The first-order chi connectivity index (χ1) is 9.93. The molecule has 0 radical (unpaired) electrons. The molecule has 4 heteroatoms. The summed E-state index contributed by atoms with van der Waals surface area (Å²) < 4.78 is 0. The fourth-order valence-corrected chi connectivity index (χ4v) is 2.45. The highest BCUT2D eigenvalue weighted by Crippen LogP contribution is 2.23. The lowest BCUT2D eigenvalue weighted by molar-refractivity contribution is -0.00204. The van der Waals surface area contributed by atoms with E-state index < -0.39 is 5.60 Å². The fourth-order valence-electron chi connectivity index (χ4n) is 2.45. The maximum Gasteiger partial charge on any atom is 0.254 e. The van der Waals surface area contributed by atoms with Crippen molar-refractivity contribution in [3.8, 4) is 11.8 Å². The highest BCUT2D eigenvalue weighted by molar-refractivity contribution is 5.96. The van der Waals surface area contributed by atoms with E-state index in [4.69, 9.17) is 5.73 Å². The van der Waals surface area contributed by atoms with Crippen molar-refractivity contribution in [2.24, 2.45) is 5.73 Å². The molecule has 1 fully saturated rings. The third kappa shape index (κ3) is 3.84. The van der Waals surface area contributed by atoms with Gasteiger partial charge in [-0.3, -0.25) is 4.79 Å². The molecule has 0 spiro atoms. The summed E-state index contributed by atoms with van der Waals surface area (Å²) in [7, 11) is 0. The van der Waals surface area contributed by atoms with E-state index in [1.165, 1.54) is 0 Å². The zero-order valence-corrected chi connectivity index (χ0v) is 12.6. The normalized spacial score (nSPS) is 17.0. The van der Waals surface area contributed by atoms with Crippen LogP contribution in [-0.4, -0.2) is 41.1 Å². The van der Waals surface area contributed by atoms with Crippen LogP contribution in [0.25, 0.3) is 0 Å². The number of hydrogen-bond acceptors (Lipinski definition) is 3. The van der Waals surface area contributed by atoms with Crippen molar-refractivity contribution in [2.45, 2.75) is 32.3 Å². The van der Waals surface area contributed by atoms with Crippen LogP contribution < -0.4 is 5.73 Å². The molecule has 1 heterocycles. The Labute approximate surface area is 125 Å². The average molecular weight is 286 g/mol. The summed E-state index contributed by atoms with van der Waals surface area (Å²) in [6.07, 6.45) is 1.23. The molecule has 0 atom stereocenters. The monoisotopic (exact) mass is 286 g/mol. The number of likely N-dealkylation sites (tertiary alicyclic amines) is 1. The number of carbonyl (C=O) groups is 1. The van der Waals surface area contributed by atoms with Gasteiger partial charge >= 0.3 is 0 Å². The van der Waals surface area contributed by atoms with Gasteiger partial charge in [0.25, 0.3) is 5.91 Å². The molecule has 1 aliphatic rings. The van der Waals surface area contributed by atoms with Crippen LogP contribution in [0.1, 0.15) is 41.3 Å². The van der Waals surface area contributed by atoms with Gasteiger partial charge < -0.3 is 15.7 Å². The summed E-state index contributed by atoms with van der Waals surface area (Å²) in [6, 6.07) is 5.64. The van der Waals surface area contributed by atoms with Gasteiger partial charge in [0.15, 0.2) is 0 Å². The molecule has 1 saturated heterocycles. The number of benzene rings is 1. The number of nitrogens with zero attached hydrogens (tertiary/aromatic N) is 1. The predicted octanol–water partition coefficient (Wildman–Crippen LogP) is 1.29. The smallest absolute Gasteiger partial charge is 0.254 e. The molecule has 0 unspecified atom stereocenters.